The molecule has 2 aliphatic rings. The van der Waals surface area contributed by atoms with Gasteiger partial charge in [-0.05, 0) is 43.0 Å². The van der Waals surface area contributed by atoms with Crippen LogP contribution < -0.4 is 113 Å². The Hall–Kier alpha value is -0.517. The van der Waals surface area contributed by atoms with Crippen molar-refractivity contribution in [2.24, 2.45) is 0 Å². The monoisotopic (exact) mass is 590 g/mol. The molecule has 1 saturated heterocycles. The van der Waals surface area contributed by atoms with Crippen molar-refractivity contribution in [3.63, 3.8) is 0 Å². The van der Waals surface area contributed by atoms with Crippen LogP contribution >= 0.6 is 0 Å². The number of amides is 1. The predicted octanol–water partition coefficient (Wildman–Crippen LogP) is -4.57. The summed E-state index contributed by atoms with van der Waals surface area (Å²) in [6, 6.07) is 6.70. The van der Waals surface area contributed by atoms with Gasteiger partial charge in [0.1, 0.15) is 0 Å². The molecule has 0 spiro atoms. The summed E-state index contributed by atoms with van der Waals surface area (Å²) in [7, 11) is 4.89. The van der Waals surface area contributed by atoms with E-state index in [1.807, 2.05) is 7.05 Å². The molecule has 2 aromatic rings. The molecule has 0 bridgehead atoms. The largest absolute Gasteiger partial charge is 1.00 e. The van der Waals surface area contributed by atoms with Gasteiger partial charge < -0.3 is 24.7 Å². The Labute approximate surface area is 316 Å². The van der Waals surface area contributed by atoms with Crippen molar-refractivity contribution in [3.05, 3.63) is 71.6 Å². The molecule has 0 aromatic carbocycles. The van der Waals surface area contributed by atoms with Crippen LogP contribution in [0.2, 0.25) is 0 Å². The third kappa shape index (κ3) is 17.1. The van der Waals surface area contributed by atoms with Gasteiger partial charge >= 0.3 is 109 Å². The van der Waals surface area contributed by atoms with E-state index >= 15 is 0 Å². The van der Waals surface area contributed by atoms with Crippen molar-refractivity contribution in [3.8, 4) is 0 Å². The Morgan fingerprint density at radius 2 is 1.44 bits per heavy atom. The van der Waals surface area contributed by atoms with E-state index in [0.717, 1.165) is 19.4 Å². The summed E-state index contributed by atoms with van der Waals surface area (Å²) in [4.78, 5) is 44.1. The van der Waals surface area contributed by atoms with Gasteiger partial charge in [0.2, 0.25) is 5.91 Å². The average molecular weight is 591 g/mol. The number of likely N-dealkylation sites (tertiary alicyclic amines) is 1. The molecule has 4 rings (SSSR count). The van der Waals surface area contributed by atoms with E-state index in [2.05, 4.69) is 14.7 Å². The number of rotatable bonds is 3. The van der Waals surface area contributed by atoms with Crippen LogP contribution in [0.25, 0.3) is 0 Å². The Morgan fingerprint density at radius 1 is 0.923 bits per heavy atom. The zero-order valence-corrected chi connectivity index (χ0v) is 30.6. The first kappa shape index (κ1) is 40.6. The zero-order chi connectivity index (χ0) is 28.0. The number of ether oxygens (including phenoxy) is 1. The average Bonchev–Trinajstić information content (AvgIpc) is 3.42. The van der Waals surface area contributed by atoms with Crippen LogP contribution in [0, 0.1) is 0 Å². The van der Waals surface area contributed by atoms with Crippen LogP contribution in [0.1, 0.15) is 60.7 Å². The normalized spacial score (nSPS) is 13.8. The summed E-state index contributed by atoms with van der Waals surface area (Å²) in [6.45, 7) is 6.48. The van der Waals surface area contributed by atoms with E-state index in [0.29, 0.717) is 35.6 Å². The van der Waals surface area contributed by atoms with Crippen LogP contribution in [0.4, 0.5) is 0 Å². The van der Waals surface area contributed by atoms with E-state index < -0.39 is 5.60 Å². The molecule has 0 aliphatic carbocycles. The number of esters is 1. The third-order valence-electron chi connectivity index (χ3n) is 4.89. The molecule has 4 heterocycles. The first-order chi connectivity index (χ1) is 17.3. The number of carbonyl (C=O) groups is 3. The molecular formula is C27H36K2N4O6. The number of Topliss-reactive ketones (excluding diaryl/α,β-unsaturated/α-hetero) is 1. The molecule has 2 aromatic heterocycles. The maximum absolute atomic E-state index is 11.9. The van der Waals surface area contributed by atoms with Gasteiger partial charge in [0, 0.05) is 69.5 Å². The molecule has 12 heteroatoms. The van der Waals surface area contributed by atoms with Gasteiger partial charge in [0.05, 0.1) is 12.7 Å². The summed E-state index contributed by atoms with van der Waals surface area (Å²) >= 11 is 0. The van der Waals surface area contributed by atoms with Crippen molar-refractivity contribution in [2.75, 3.05) is 34.3 Å². The molecule has 0 unspecified atom stereocenters. The van der Waals surface area contributed by atoms with E-state index in [1.165, 1.54) is 19.5 Å². The van der Waals surface area contributed by atoms with Crippen LogP contribution in [-0.2, 0) is 9.53 Å². The molecule has 0 saturated carbocycles. The fourth-order valence-corrected chi connectivity index (χ4v) is 2.98. The van der Waals surface area contributed by atoms with E-state index in [1.54, 1.807) is 74.3 Å². The minimum Gasteiger partial charge on any atom is -0.860 e. The van der Waals surface area contributed by atoms with Crippen LogP contribution in [-0.4, -0.2) is 77.3 Å². The van der Waals surface area contributed by atoms with Gasteiger partial charge in [-0.1, -0.05) is 20.8 Å². The molecule has 0 N–H and O–H groups in total. The van der Waals surface area contributed by atoms with Gasteiger partial charge in [-0.25, -0.2) is 4.79 Å². The number of methoxy groups -OCH3 is 1. The first-order valence-corrected chi connectivity index (χ1v) is 11.8. The summed E-state index contributed by atoms with van der Waals surface area (Å²) in [5, 5.41) is 21.7. The van der Waals surface area contributed by atoms with Gasteiger partial charge in [-0.2, -0.15) is 0 Å². The molecule has 1 fully saturated rings. The first-order valence-electron chi connectivity index (χ1n) is 11.8. The Bertz CT molecular complexity index is 1040. The van der Waals surface area contributed by atoms with Crippen molar-refractivity contribution >= 4 is 17.7 Å². The quantitative estimate of drug-likeness (QED) is 0.196. The second kappa shape index (κ2) is 21.2. The number of hydrogen-bond acceptors (Lipinski definition) is 9. The fraction of sp³-hybridized carbons (Fsp3) is 0.444. The number of pyridine rings is 2. The Morgan fingerprint density at radius 3 is 1.74 bits per heavy atom. The molecule has 2 aliphatic heterocycles. The van der Waals surface area contributed by atoms with Crippen LogP contribution in [0.3, 0.4) is 0 Å². The summed E-state index contributed by atoms with van der Waals surface area (Å²) in [5.74, 6) is -0.422. The van der Waals surface area contributed by atoms with Crippen molar-refractivity contribution < 1.29 is 132 Å². The van der Waals surface area contributed by atoms with Crippen LogP contribution in [0.5, 0.6) is 0 Å². The Kier molecular flexibility index (Phi) is 22.1. The smallest absolute Gasteiger partial charge is 0.860 e. The summed E-state index contributed by atoms with van der Waals surface area (Å²) in [6.07, 6.45) is 8.50. The minimum absolute atomic E-state index is 0. The predicted molar refractivity (Wildman–Crippen MR) is 135 cm³/mol. The Balaban J connectivity index is 0. The number of ketones is 1. The van der Waals surface area contributed by atoms with Gasteiger partial charge in [0.15, 0.2) is 5.78 Å². The third-order valence-corrected chi connectivity index (χ3v) is 4.89. The number of carbonyl (C=O) groups excluding carboxylic acids is 3. The topological polar surface area (TPSA) is 139 Å². The molecule has 0 atom stereocenters. The van der Waals surface area contributed by atoms with Gasteiger partial charge in [-0.15, -0.1) is 5.60 Å². The van der Waals surface area contributed by atoms with E-state index in [4.69, 9.17) is 0 Å². The molecule has 202 valence electrons. The van der Waals surface area contributed by atoms with Crippen molar-refractivity contribution in [2.45, 2.75) is 45.6 Å². The van der Waals surface area contributed by atoms with E-state index in [9.17, 15) is 24.6 Å². The SMILES string of the molecule is CC(C)(C)[O-].CN1CCC(C(=O)c2cccnc2)=C1[O-].CN1CCCC1=O.COC(=O)c1cccnc1.[K+].[K+]. The molecule has 1 amide bonds. The summed E-state index contributed by atoms with van der Waals surface area (Å²) < 4.78 is 4.46. The zero-order valence-electron chi connectivity index (χ0n) is 24.4. The maximum Gasteiger partial charge on any atom is 1.00 e. The number of aromatic nitrogens is 2. The number of hydrogen-bond donors (Lipinski definition) is 0. The molecule has 0 radical (unpaired) electrons. The van der Waals surface area contributed by atoms with Gasteiger partial charge in [0.25, 0.3) is 0 Å². The second-order valence-corrected chi connectivity index (χ2v) is 9.29. The molecule has 10 nitrogen and oxygen atoms in total. The fourth-order valence-electron chi connectivity index (χ4n) is 2.98. The summed E-state index contributed by atoms with van der Waals surface area (Å²) in [5.41, 5.74) is 0.576. The van der Waals surface area contributed by atoms with Crippen molar-refractivity contribution in [1.29, 1.82) is 0 Å². The molecular weight excluding hydrogens is 555 g/mol. The molecule has 39 heavy (non-hydrogen) atoms. The minimum atomic E-state index is -0.750. The van der Waals surface area contributed by atoms with Gasteiger partial charge in [-0.3, -0.25) is 19.6 Å². The van der Waals surface area contributed by atoms with Crippen LogP contribution in [0.15, 0.2) is 60.5 Å². The second-order valence-electron chi connectivity index (χ2n) is 9.29. The standard InChI is InChI=1S/C11H12N2O2.C7H7NO2.C5H9NO.C4H9O.2K/c1-13-6-4-9(11(13)15)10(14)8-3-2-5-12-7-8;1-10-7(9)6-3-2-4-8-5-6;1-6-4-2-3-5(6)7;1-4(2,3)5;;/h2-3,5,7,15H,4,6H2,1H3;2-5H,1H3;2-4H2,1H3;1-3H3;;/q;;;-1;2*+1/p-1. The maximum atomic E-state index is 11.9. The van der Waals surface area contributed by atoms with Crippen molar-refractivity contribution in [1.82, 2.24) is 19.8 Å². The number of nitrogens with zero attached hydrogens (tertiary/aromatic N) is 4. The van der Waals surface area contributed by atoms with E-state index in [-0.39, 0.29) is 120 Å².